The Kier molecular flexibility index (Phi) is 6.37. The lowest BCUT2D eigenvalue weighted by atomic mass is 10.1. The van der Waals surface area contributed by atoms with E-state index in [1.165, 1.54) is 18.2 Å². The normalized spacial score (nSPS) is 10.8. The second-order valence-electron chi connectivity index (χ2n) is 4.00. The van der Waals surface area contributed by atoms with E-state index in [0.717, 1.165) is 0 Å². The predicted molar refractivity (Wildman–Crippen MR) is 67.5 cm³/mol. The third-order valence-electron chi connectivity index (χ3n) is 2.67. The van der Waals surface area contributed by atoms with E-state index in [1.807, 2.05) is 5.43 Å². The highest BCUT2D eigenvalue weighted by molar-refractivity contribution is 5.93. The van der Waals surface area contributed by atoms with Crippen LogP contribution in [-0.4, -0.2) is 47.3 Å². The van der Waals surface area contributed by atoms with Gasteiger partial charge in [-0.05, 0) is 18.2 Å². The van der Waals surface area contributed by atoms with Gasteiger partial charge in [-0.2, -0.15) is 0 Å². The third-order valence-corrected chi connectivity index (χ3v) is 2.67. The number of aliphatic hydroxyl groups is 2. The largest absolute Gasteiger partial charge is 0.395 e. The molecule has 0 atom stereocenters. The Hall–Kier alpha value is -1.54. The molecule has 106 valence electrons. The minimum atomic E-state index is -0.503. The molecule has 0 heterocycles. The van der Waals surface area contributed by atoms with Crippen LogP contribution in [0.1, 0.15) is 15.9 Å². The smallest absolute Gasteiger partial charge is 0.265 e. The van der Waals surface area contributed by atoms with Crippen molar-refractivity contribution >= 4 is 5.91 Å². The van der Waals surface area contributed by atoms with Gasteiger partial charge in [0, 0.05) is 30.8 Å². The molecule has 0 aliphatic rings. The summed E-state index contributed by atoms with van der Waals surface area (Å²) in [6.45, 7) is 0.633. The van der Waals surface area contributed by atoms with Crippen LogP contribution in [0.4, 0.5) is 4.39 Å². The van der Waals surface area contributed by atoms with Gasteiger partial charge in [-0.3, -0.25) is 15.1 Å². The molecule has 1 rings (SSSR count). The van der Waals surface area contributed by atoms with E-state index in [-0.39, 0.29) is 25.3 Å². The maximum absolute atomic E-state index is 13.7. The molecule has 0 bridgehead atoms. The van der Waals surface area contributed by atoms with Gasteiger partial charge in [0.05, 0.1) is 13.2 Å². The van der Waals surface area contributed by atoms with Crippen molar-refractivity contribution in [2.24, 2.45) is 5.84 Å². The monoisotopic (exact) mass is 271 g/mol. The zero-order chi connectivity index (χ0) is 14.3. The van der Waals surface area contributed by atoms with E-state index in [0.29, 0.717) is 18.7 Å². The van der Waals surface area contributed by atoms with E-state index in [1.54, 1.807) is 4.90 Å². The summed E-state index contributed by atoms with van der Waals surface area (Å²) in [7, 11) is 0. The average molecular weight is 271 g/mol. The molecule has 0 spiro atoms. The minimum absolute atomic E-state index is 0.0927. The maximum Gasteiger partial charge on any atom is 0.265 e. The fourth-order valence-corrected chi connectivity index (χ4v) is 1.71. The molecule has 0 aliphatic heterocycles. The molecule has 0 aliphatic carbocycles. The topological polar surface area (TPSA) is 98.8 Å². The van der Waals surface area contributed by atoms with Crippen LogP contribution in [0.5, 0.6) is 0 Å². The van der Waals surface area contributed by atoms with Crippen LogP contribution < -0.4 is 11.3 Å². The molecule has 1 aromatic carbocycles. The predicted octanol–water partition coefficient (Wildman–Crippen LogP) is -0.784. The Morgan fingerprint density at radius 3 is 2.47 bits per heavy atom. The lowest BCUT2D eigenvalue weighted by molar-refractivity contribution is 0.0953. The summed E-state index contributed by atoms with van der Waals surface area (Å²) in [5.74, 6) is 4.07. The second kappa shape index (κ2) is 7.80. The van der Waals surface area contributed by atoms with Gasteiger partial charge in [-0.15, -0.1) is 0 Å². The first kappa shape index (κ1) is 15.5. The summed E-state index contributed by atoms with van der Waals surface area (Å²) in [6.07, 6.45) is 0. The molecule has 1 aromatic rings. The van der Waals surface area contributed by atoms with Crippen molar-refractivity contribution in [3.05, 3.63) is 35.1 Å². The molecule has 6 nitrogen and oxygen atoms in total. The van der Waals surface area contributed by atoms with Crippen LogP contribution in [-0.2, 0) is 6.54 Å². The average Bonchev–Trinajstić information content (AvgIpc) is 2.41. The molecule has 0 aromatic heterocycles. The molecule has 0 unspecified atom stereocenters. The van der Waals surface area contributed by atoms with Crippen molar-refractivity contribution in [1.82, 2.24) is 10.3 Å². The van der Waals surface area contributed by atoms with Gasteiger partial charge in [0.1, 0.15) is 5.82 Å². The standard InChI is InChI=1S/C12H18FN3O3/c13-11-2-1-9(12(19)15-14)7-10(11)8-16(3-5-17)4-6-18/h1-2,7,17-18H,3-6,8,14H2,(H,15,19). The zero-order valence-electron chi connectivity index (χ0n) is 10.5. The van der Waals surface area contributed by atoms with Gasteiger partial charge in [-0.25, -0.2) is 10.2 Å². The molecule has 5 N–H and O–H groups in total. The molecular weight excluding hydrogens is 253 g/mol. The van der Waals surface area contributed by atoms with Crippen molar-refractivity contribution in [3.63, 3.8) is 0 Å². The lowest BCUT2D eigenvalue weighted by Crippen LogP contribution is -2.31. The van der Waals surface area contributed by atoms with E-state index in [4.69, 9.17) is 16.1 Å². The van der Waals surface area contributed by atoms with Crippen LogP contribution in [0.25, 0.3) is 0 Å². The quantitative estimate of drug-likeness (QED) is 0.296. The Morgan fingerprint density at radius 2 is 1.95 bits per heavy atom. The van der Waals surface area contributed by atoms with Crippen molar-refractivity contribution < 1.29 is 19.4 Å². The number of halogens is 1. The molecule has 0 radical (unpaired) electrons. The maximum atomic E-state index is 13.7. The Balaban J connectivity index is 2.88. The third kappa shape index (κ3) is 4.56. The highest BCUT2D eigenvalue weighted by atomic mass is 19.1. The number of nitrogen functional groups attached to an aromatic ring is 1. The van der Waals surface area contributed by atoms with E-state index in [2.05, 4.69) is 0 Å². The number of hydrogen-bond acceptors (Lipinski definition) is 5. The van der Waals surface area contributed by atoms with E-state index in [9.17, 15) is 9.18 Å². The number of carbonyl (C=O) groups excluding carboxylic acids is 1. The van der Waals surface area contributed by atoms with Gasteiger partial charge in [0.15, 0.2) is 0 Å². The Morgan fingerprint density at radius 1 is 1.32 bits per heavy atom. The Bertz CT molecular complexity index is 423. The molecule has 0 saturated carbocycles. The van der Waals surface area contributed by atoms with Crippen LogP contribution in [0.15, 0.2) is 18.2 Å². The van der Waals surface area contributed by atoms with E-state index >= 15 is 0 Å². The van der Waals surface area contributed by atoms with Gasteiger partial charge < -0.3 is 10.2 Å². The summed E-state index contributed by atoms with van der Waals surface area (Å²) in [6, 6.07) is 3.93. The molecule has 0 fully saturated rings. The van der Waals surface area contributed by atoms with Crippen LogP contribution in [0, 0.1) is 5.82 Å². The van der Waals surface area contributed by atoms with Crippen molar-refractivity contribution in [3.8, 4) is 0 Å². The number of nitrogens with one attached hydrogen (secondary N) is 1. The van der Waals surface area contributed by atoms with Crippen LogP contribution in [0.3, 0.4) is 0 Å². The molecule has 1 amide bonds. The number of nitrogens with zero attached hydrogens (tertiary/aromatic N) is 1. The number of aliphatic hydroxyl groups excluding tert-OH is 2. The van der Waals surface area contributed by atoms with Crippen LogP contribution >= 0.6 is 0 Å². The summed E-state index contributed by atoms with van der Waals surface area (Å²) < 4.78 is 13.7. The SMILES string of the molecule is NNC(=O)c1ccc(F)c(CN(CCO)CCO)c1. The van der Waals surface area contributed by atoms with Crippen molar-refractivity contribution in [2.75, 3.05) is 26.3 Å². The number of hydrogen-bond donors (Lipinski definition) is 4. The van der Waals surface area contributed by atoms with Gasteiger partial charge in [0.25, 0.3) is 5.91 Å². The second-order valence-corrected chi connectivity index (χ2v) is 4.00. The van der Waals surface area contributed by atoms with E-state index < -0.39 is 11.7 Å². The summed E-state index contributed by atoms with van der Waals surface area (Å²) >= 11 is 0. The first-order chi connectivity index (χ1) is 9.12. The zero-order valence-corrected chi connectivity index (χ0v) is 10.5. The number of hydrazine groups is 1. The molecular formula is C12H18FN3O3. The number of benzene rings is 1. The number of amides is 1. The first-order valence-electron chi connectivity index (χ1n) is 5.85. The minimum Gasteiger partial charge on any atom is -0.395 e. The fourth-order valence-electron chi connectivity index (χ4n) is 1.71. The summed E-state index contributed by atoms with van der Waals surface area (Å²) in [4.78, 5) is 13.0. The molecule has 19 heavy (non-hydrogen) atoms. The van der Waals surface area contributed by atoms with Gasteiger partial charge in [0.2, 0.25) is 0 Å². The fraction of sp³-hybridized carbons (Fsp3) is 0.417. The van der Waals surface area contributed by atoms with Gasteiger partial charge in [-0.1, -0.05) is 0 Å². The highest BCUT2D eigenvalue weighted by Gasteiger charge is 2.12. The molecule has 7 heteroatoms. The van der Waals surface area contributed by atoms with Crippen molar-refractivity contribution in [2.45, 2.75) is 6.54 Å². The number of carbonyl (C=O) groups is 1. The highest BCUT2D eigenvalue weighted by Crippen LogP contribution is 2.13. The Labute approximate surface area is 110 Å². The van der Waals surface area contributed by atoms with Crippen molar-refractivity contribution in [1.29, 1.82) is 0 Å². The van der Waals surface area contributed by atoms with Gasteiger partial charge >= 0.3 is 0 Å². The number of rotatable bonds is 7. The van der Waals surface area contributed by atoms with Crippen LogP contribution in [0.2, 0.25) is 0 Å². The summed E-state index contributed by atoms with van der Waals surface area (Å²) in [5, 5.41) is 17.8. The first-order valence-corrected chi connectivity index (χ1v) is 5.85. The lowest BCUT2D eigenvalue weighted by Gasteiger charge is -2.20. The number of nitrogens with two attached hydrogens (primary N) is 1. The summed E-state index contributed by atoms with van der Waals surface area (Å²) in [5.41, 5.74) is 2.54. The molecule has 0 saturated heterocycles.